The van der Waals surface area contributed by atoms with Gasteiger partial charge in [-0.15, -0.1) is 0 Å². The average molecular weight is 190 g/mol. The standard InChI is InChI=1S/C11H14N2O/c1-7-5-9-6-10(12)3-4-11(9)13(7)8(2)14/h3-4,6-7H,5,12H2,1-2H3/t7-/m0/s1. The summed E-state index contributed by atoms with van der Waals surface area (Å²) in [5.41, 5.74) is 8.65. The number of fused-ring (bicyclic) bond motifs is 1. The summed E-state index contributed by atoms with van der Waals surface area (Å²) in [6.07, 6.45) is 0.903. The molecule has 2 rings (SSSR count). The Hall–Kier alpha value is -1.51. The molecule has 0 aliphatic carbocycles. The number of carbonyl (C=O) groups excluding carboxylic acids is 1. The van der Waals surface area contributed by atoms with Gasteiger partial charge in [-0.2, -0.15) is 0 Å². The Morgan fingerprint density at radius 3 is 2.93 bits per heavy atom. The van der Waals surface area contributed by atoms with Gasteiger partial charge in [-0.25, -0.2) is 0 Å². The highest BCUT2D eigenvalue weighted by Gasteiger charge is 2.28. The first-order valence-electron chi connectivity index (χ1n) is 4.78. The molecule has 0 radical (unpaired) electrons. The van der Waals surface area contributed by atoms with E-state index < -0.39 is 0 Å². The molecule has 1 atom stereocenters. The lowest BCUT2D eigenvalue weighted by molar-refractivity contribution is -0.116. The van der Waals surface area contributed by atoms with Crippen LogP contribution in [0, 0.1) is 0 Å². The molecule has 14 heavy (non-hydrogen) atoms. The van der Waals surface area contributed by atoms with E-state index in [2.05, 4.69) is 6.92 Å². The van der Waals surface area contributed by atoms with Gasteiger partial charge < -0.3 is 10.6 Å². The van der Waals surface area contributed by atoms with E-state index in [0.29, 0.717) is 0 Å². The van der Waals surface area contributed by atoms with E-state index in [4.69, 9.17) is 5.73 Å². The molecule has 0 saturated carbocycles. The maximum Gasteiger partial charge on any atom is 0.224 e. The van der Waals surface area contributed by atoms with Crippen molar-refractivity contribution in [3.05, 3.63) is 23.8 Å². The minimum Gasteiger partial charge on any atom is -0.399 e. The Morgan fingerprint density at radius 1 is 1.57 bits per heavy atom. The number of hydrogen-bond donors (Lipinski definition) is 1. The normalized spacial score (nSPS) is 19.6. The van der Waals surface area contributed by atoms with Crippen LogP contribution in [0.2, 0.25) is 0 Å². The van der Waals surface area contributed by atoms with Gasteiger partial charge in [0.05, 0.1) is 0 Å². The number of nitrogens with two attached hydrogens (primary N) is 1. The van der Waals surface area contributed by atoms with Crippen LogP contribution in [-0.2, 0) is 11.2 Å². The van der Waals surface area contributed by atoms with Gasteiger partial charge in [-0.05, 0) is 37.1 Å². The number of nitrogen functional groups attached to an aromatic ring is 1. The summed E-state index contributed by atoms with van der Waals surface area (Å²) in [6.45, 7) is 3.65. The highest BCUT2D eigenvalue weighted by molar-refractivity contribution is 5.94. The number of hydrogen-bond acceptors (Lipinski definition) is 2. The van der Waals surface area contributed by atoms with Crippen molar-refractivity contribution >= 4 is 17.3 Å². The topological polar surface area (TPSA) is 46.3 Å². The predicted octanol–water partition coefficient (Wildman–Crippen LogP) is 1.57. The zero-order valence-corrected chi connectivity index (χ0v) is 8.45. The number of nitrogens with zero attached hydrogens (tertiary/aromatic N) is 1. The first-order valence-corrected chi connectivity index (χ1v) is 4.78. The molecular formula is C11H14N2O. The molecule has 0 spiro atoms. The maximum atomic E-state index is 11.4. The van der Waals surface area contributed by atoms with Gasteiger partial charge in [0.1, 0.15) is 0 Å². The van der Waals surface area contributed by atoms with E-state index in [0.717, 1.165) is 17.8 Å². The Kier molecular flexibility index (Phi) is 1.95. The van der Waals surface area contributed by atoms with E-state index >= 15 is 0 Å². The monoisotopic (exact) mass is 190 g/mol. The van der Waals surface area contributed by atoms with E-state index in [1.54, 1.807) is 6.92 Å². The highest BCUT2D eigenvalue weighted by atomic mass is 16.2. The fourth-order valence-electron chi connectivity index (χ4n) is 2.13. The third-order valence-corrected chi connectivity index (χ3v) is 2.66. The molecule has 2 N–H and O–H groups in total. The van der Waals surface area contributed by atoms with Gasteiger partial charge in [0.2, 0.25) is 5.91 Å². The van der Waals surface area contributed by atoms with Gasteiger partial charge in [0, 0.05) is 24.3 Å². The minimum atomic E-state index is 0.0982. The lowest BCUT2D eigenvalue weighted by atomic mass is 10.1. The number of amides is 1. The van der Waals surface area contributed by atoms with Gasteiger partial charge >= 0.3 is 0 Å². The van der Waals surface area contributed by atoms with Crippen LogP contribution in [0.25, 0.3) is 0 Å². The van der Waals surface area contributed by atoms with Crippen molar-refractivity contribution in [3.8, 4) is 0 Å². The predicted molar refractivity (Wildman–Crippen MR) is 57.2 cm³/mol. The number of benzene rings is 1. The molecule has 0 aromatic heterocycles. The van der Waals surface area contributed by atoms with Gasteiger partial charge in [0.15, 0.2) is 0 Å². The minimum absolute atomic E-state index is 0.0982. The van der Waals surface area contributed by atoms with Crippen LogP contribution in [0.1, 0.15) is 19.4 Å². The Labute approximate surface area is 83.5 Å². The molecule has 3 heteroatoms. The first kappa shape index (κ1) is 9.06. The van der Waals surface area contributed by atoms with Crippen molar-refractivity contribution < 1.29 is 4.79 Å². The highest BCUT2D eigenvalue weighted by Crippen LogP contribution is 2.33. The van der Waals surface area contributed by atoms with Crippen molar-refractivity contribution in [2.24, 2.45) is 0 Å². The quantitative estimate of drug-likeness (QED) is 0.631. The molecule has 1 aromatic carbocycles. The molecule has 1 heterocycles. The molecule has 3 nitrogen and oxygen atoms in total. The van der Waals surface area contributed by atoms with Crippen LogP contribution in [0.3, 0.4) is 0 Å². The summed E-state index contributed by atoms with van der Waals surface area (Å²) in [4.78, 5) is 13.2. The molecule has 74 valence electrons. The Balaban J connectivity index is 2.48. The van der Waals surface area contributed by atoms with Crippen LogP contribution in [0.5, 0.6) is 0 Å². The van der Waals surface area contributed by atoms with Crippen molar-refractivity contribution in [1.82, 2.24) is 0 Å². The smallest absolute Gasteiger partial charge is 0.224 e. The summed E-state index contributed by atoms with van der Waals surface area (Å²) in [6, 6.07) is 5.97. The molecule has 0 unspecified atom stereocenters. The van der Waals surface area contributed by atoms with Crippen molar-refractivity contribution in [3.63, 3.8) is 0 Å². The van der Waals surface area contributed by atoms with Crippen molar-refractivity contribution in [1.29, 1.82) is 0 Å². The fourth-order valence-corrected chi connectivity index (χ4v) is 2.13. The average Bonchev–Trinajstić information content (AvgIpc) is 2.39. The molecule has 1 aliphatic rings. The fraction of sp³-hybridized carbons (Fsp3) is 0.364. The number of carbonyl (C=O) groups is 1. The van der Waals surface area contributed by atoms with Crippen LogP contribution >= 0.6 is 0 Å². The SMILES string of the molecule is CC(=O)N1c2ccc(N)cc2C[C@@H]1C. The first-order chi connectivity index (χ1) is 6.59. The summed E-state index contributed by atoms with van der Waals surface area (Å²) < 4.78 is 0. The summed E-state index contributed by atoms with van der Waals surface area (Å²) in [7, 11) is 0. The van der Waals surface area contributed by atoms with Crippen LogP contribution in [0.4, 0.5) is 11.4 Å². The van der Waals surface area contributed by atoms with Crippen LogP contribution < -0.4 is 10.6 Å². The molecule has 1 aromatic rings. The van der Waals surface area contributed by atoms with Gasteiger partial charge in [0.25, 0.3) is 0 Å². The zero-order chi connectivity index (χ0) is 10.3. The van der Waals surface area contributed by atoms with Gasteiger partial charge in [-0.3, -0.25) is 4.79 Å². The van der Waals surface area contributed by atoms with Gasteiger partial charge in [-0.1, -0.05) is 0 Å². The summed E-state index contributed by atoms with van der Waals surface area (Å²) in [5, 5.41) is 0. The Bertz CT molecular complexity index is 387. The summed E-state index contributed by atoms with van der Waals surface area (Å²) in [5.74, 6) is 0.0982. The molecule has 1 amide bonds. The lowest BCUT2D eigenvalue weighted by Gasteiger charge is -2.20. The van der Waals surface area contributed by atoms with E-state index in [1.807, 2.05) is 23.1 Å². The largest absolute Gasteiger partial charge is 0.399 e. The third-order valence-electron chi connectivity index (χ3n) is 2.66. The molecule has 0 bridgehead atoms. The van der Waals surface area contributed by atoms with E-state index in [9.17, 15) is 4.79 Å². The molecular weight excluding hydrogens is 176 g/mol. The molecule has 0 saturated heterocycles. The number of anilines is 2. The summed E-state index contributed by atoms with van der Waals surface area (Å²) >= 11 is 0. The number of rotatable bonds is 0. The van der Waals surface area contributed by atoms with Crippen molar-refractivity contribution in [2.75, 3.05) is 10.6 Å². The lowest BCUT2D eigenvalue weighted by Crippen LogP contribution is -2.33. The van der Waals surface area contributed by atoms with Crippen LogP contribution in [-0.4, -0.2) is 11.9 Å². The second-order valence-electron chi connectivity index (χ2n) is 3.83. The zero-order valence-electron chi connectivity index (χ0n) is 8.45. The Morgan fingerprint density at radius 2 is 2.29 bits per heavy atom. The second-order valence-corrected chi connectivity index (χ2v) is 3.83. The maximum absolute atomic E-state index is 11.4. The third kappa shape index (κ3) is 1.25. The molecule has 1 aliphatic heterocycles. The van der Waals surface area contributed by atoms with Crippen molar-refractivity contribution in [2.45, 2.75) is 26.3 Å². The van der Waals surface area contributed by atoms with Crippen LogP contribution in [0.15, 0.2) is 18.2 Å². The van der Waals surface area contributed by atoms with E-state index in [-0.39, 0.29) is 11.9 Å². The second kappa shape index (κ2) is 3.01. The molecule has 0 fully saturated rings. The van der Waals surface area contributed by atoms with E-state index in [1.165, 1.54) is 5.56 Å².